The Morgan fingerprint density at radius 3 is 2.47 bits per heavy atom. The van der Waals surface area contributed by atoms with Crippen LogP contribution in [0.5, 0.6) is 0 Å². The molecule has 0 aliphatic heterocycles. The van der Waals surface area contributed by atoms with E-state index in [-0.39, 0.29) is 18.1 Å². The van der Waals surface area contributed by atoms with E-state index in [2.05, 4.69) is 18.7 Å². The molecular formula is C14H27NO2. The van der Waals surface area contributed by atoms with Gasteiger partial charge in [0.25, 0.3) is 0 Å². The van der Waals surface area contributed by atoms with Gasteiger partial charge in [-0.15, -0.1) is 0 Å². The van der Waals surface area contributed by atoms with Gasteiger partial charge in [-0.05, 0) is 39.2 Å². The van der Waals surface area contributed by atoms with Crippen LogP contribution >= 0.6 is 0 Å². The molecule has 3 unspecified atom stereocenters. The number of Topliss-reactive ketones (excluding diaryl/α,β-unsaturated/α-hetero) is 1. The average molecular weight is 241 g/mol. The van der Waals surface area contributed by atoms with Gasteiger partial charge in [0.2, 0.25) is 0 Å². The molecule has 0 radical (unpaired) electrons. The van der Waals surface area contributed by atoms with Crippen LogP contribution in [0.1, 0.15) is 40.5 Å². The van der Waals surface area contributed by atoms with E-state index in [1.807, 2.05) is 20.9 Å². The third kappa shape index (κ3) is 3.52. The minimum absolute atomic E-state index is 0.120. The van der Waals surface area contributed by atoms with Crippen molar-refractivity contribution in [2.24, 2.45) is 17.8 Å². The van der Waals surface area contributed by atoms with Crippen LogP contribution in [0.3, 0.4) is 0 Å². The van der Waals surface area contributed by atoms with E-state index in [0.29, 0.717) is 17.6 Å². The van der Waals surface area contributed by atoms with E-state index in [0.717, 1.165) is 19.4 Å². The lowest BCUT2D eigenvalue weighted by atomic mass is 9.74. The van der Waals surface area contributed by atoms with Crippen molar-refractivity contribution in [1.29, 1.82) is 0 Å². The fourth-order valence-electron chi connectivity index (χ4n) is 2.64. The van der Waals surface area contributed by atoms with Crippen molar-refractivity contribution in [3.05, 3.63) is 0 Å². The van der Waals surface area contributed by atoms with Gasteiger partial charge >= 0.3 is 0 Å². The summed E-state index contributed by atoms with van der Waals surface area (Å²) >= 11 is 0. The van der Waals surface area contributed by atoms with Crippen molar-refractivity contribution in [1.82, 2.24) is 4.90 Å². The number of aliphatic hydroxyl groups excluding tert-OH is 1. The summed E-state index contributed by atoms with van der Waals surface area (Å²) < 4.78 is 0. The zero-order valence-corrected chi connectivity index (χ0v) is 11.9. The number of rotatable bonds is 4. The Balaban J connectivity index is 2.64. The third-order valence-corrected chi connectivity index (χ3v) is 4.32. The molecule has 100 valence electrons. The Hall–Kier alpha value is -0.410. The first-order chi connectivity index (χ1) is 7.77. The lowest BCUT2D eigenvalue weighted by Crippen LogP contribution is -2.49. The highest BCUT2D eigenvalue weighted by Gasteiger charge is 2.35. The first kappa shape index (κ1) is 14.7. The minimum Gasteiger partial charge on any atom is -0.394 e. The van der Waals surface area contributed by atoms with E-state index >= 15 is 0 Å². The summed E-state index contributed by atoms with van der Waals surface area (Å²) in [7, 11) is 1.99. The summed E-state index contributed by atoms with van der Waals surface area (Å²) in [6.07, 6.45) is 1.87. The molecule has 1 rings (SSSR count). The van der Waals surface area contributed by atoms with Crippen LogP contribution in [0, 0.1) is 17.8 Å². The quantitative estimate of drug-likeness (QED) is 0.817. The summed E-state index contributed by atoms with van der Waals surface area (Å²) in [5, 5.41) is 9.34. The second-order valence-corrected chi connectivity index (χ2v) is 6.45. The Bertz CT molecular complexity index is 275. The second kappa shape index (κ2) is 5.49. The highest BCUT2D eigenvalue weighted by molar-refractivity contribution is 5.82. The third-order valence-electron chi connectivity index (χ3n) is 4.32. The molecule has 1 fully saturated rings. The first-order valence-corrected chi connectivity index (χ1v) is 6.62. The zero-order chi connectivity index (χ0) is 13.2. The maximum absolute atomic E-state index is 12.1. The molecular weight excluding hydrogens is 214 g/mol. The molecule has 0 aromatic carbocycles. The Kier molecular flexibility index (Phi) is 4.73. The van der Waals surface area contributed by atoms with Crippen molar-refractivity contribution >= 4 is 5.78 Å². The van der Waals surface area contributed by atoms with Crippen LogP contribution in [-0.4, -0.2) is 41.5 Å². The van der Waals surface area contributed by atoms with Crippen molar-refractivity contribution in [3.63, 3.8) is 0 Å². The molecule has 1 N–H and O–H groups in total. The highest BCUT2D eigenvalue weighted by atomic mass is 16.3. The molecule has 0 saturated heterocycles. The van der Waals surface area contributed by atoms with Crippen molar-refractivity contribution in [2.45, 2.75) is 46.1 Å². The topological polar surface area (TPSA) is 40.5 Å². The molecule has 3 nitrogen and oxygen atoms in total. The summed E-state index contributed by atoms with van der Waals surface area (Å²) in [5.41, 5.74) is -0.247. The van der Waals surface area contributed by atoms with Crippen molar-refractivity contribution in [2.75, 3.05) is 20.2 Å². The standard InChI is InChI=1S/C14H27NO2/c1-10-6-11(2)12(13(17)7-10)8-15(5)14(3,4)9-16/h10-12,16H,6-9H2,1-5H3. The fourth-order valence-corrected chi connectivity index (χ4v) is 2.64. The molecule has 1 saturated carbocycles. The Morgan fingerprint density at radius 2 is 2.00 bits per heavy atom. The molecule has 3 heteroatoms. The van der Waals surface area contributed by atoms with Crippen LogP contribution in [-0.2, 0) is 4.79 Å². The fraction of sp³-hybridized carbons (Fsp3) is 0.929. The maximum atomic E-state index is 12.1. The molecule has 3 atom stereocenters. The maximum Gasteiger partial charge on any atom is 0.137 e. The van der Waals surface area contributed by atoms with E-state index in [1.165, 1.54) is 0 Å². The number of hydrogen-bond donors (Lipinski definition) is 1. The number of hydrogen-bond acceptors (Lipinski definition) is 3. The lowest BCUT2D eigenvalue weighted by Gasteiger charge is -2.39. The predicted octanol–water partition coefficient (Wildman–Crippen LogP) is 1.94. The van der Waals surface area contributed by atoms with E-state index in [9.17, 15) is 9.90 Å². The predicted molar refractivity (Wildman–Crippen MR) is 69.9 cm³/mol. The van der Waals surface area contributed by atoms with Gasteiger partial charge in [-0.25, -0.2) is 0 Å². The van der Waals surface area contributed by atoms with Gasteiger partial charge in [0.1, 0.15) is 5.78 Å². The summed E-state index contributed by atoms with van der Waals surface area (Å²) in [4.78, 5) is 14.2. The van der Waals surface area contributed by atoms with Gasteiger partial charge < -0.3 is 5.11 Å². The van der Waals surface area contributed by atoms with E-state index < -0.39 is 0 Å². The van der Waals surface area contributed by atoms with Crippen molar-refractivity contribution < 1.29 is 9.90 Å². The van der Waals surface area contributed by atoms with Gasteiger partial charge in [-0.3, -0.25) is 9.69 Å². The van der Waals surface area contributed by atoms with Crippen molar-refractivity contribution in [3.8, 4) is 0 Å². The van der Waals surface area contributed by atoms with E-state index in [4.69, 9.17) is 0 Å². The summed E-state index contributed by atoms with van der Waals surface area (Å²) in [6, 6.07) is 0. The molecule has 0 bridgehead atoms. The number of carbonyl (C=O) groups is 1. The lowest BCUT2D eigenvalue weighted by molar-refractivity contribution is -0.129. The number of aliphatic hydroxyl groups is 1. The largest absolute Gasteiger partial charge is 0.394 e. The molecule has 0 spiro atoms. The Morgan fingerprint density at radius 1 is 1.41 bits per heavy atom. The normalized spacial score (nSPS) is 31.0. The molecule has 0 aromatic rings. The molecule has 0 heterocycles. The van der Waals surface area contributed by atoms with Crippen LogP contribution in [0.15, 0.2) is 0 Å². The monoisotopic (exact) mass is 241 g/mol. The second-order valence-electron chi connectivity index (χ2n) is 6.45. The summed E-state index contributed by atoms with van der Waals surface area (Å²) in [5.74, 6) is 1.53. The number of likely N-dealkylation sites (N-methyl/N-ethyl adjacent to an activating group) is 1. The van der Waals surface area contributed by atoms with E-state index in [1.54, 1.807) is 0 Å². The van der Waals surface area contributed by atoms with Crippen LogP contribution < -0.4 is 0 Å². The van der Waals surface area contributed by atoms with Gasteiger partial charge in [-0.2, -0.15) is 0 Å². The van der Waals surface area contributed by atoms with Crippen LogP contribution in [0.2, 0.25) is 0 Å². The average Bonchev–Trinajstić information content (AvgIpc) is 2.22. The summed E-state index contributed by atoms with van der Waals surface area (Å²) in [6.45, 7) is 9.24. The van der Waals surface area contributed by atoms with Crippen LogP contribution in [0.25, 0.3) is 0 Å². The minimum atomic E-state index is -0.247. The molecule has 17 heavy (non-hydrogen) atoms. The number of nitrogens with zero attached hydrogens (tertiary/aromatic N) is 1. The highest BCUT2D eigenvalue weighted by Crippen LogP contribution is 2.32. The Labute approximate surface area is 105 Å². The molecule has 1 aliphatic rings. The smallest absolute Gasteiger partial charge is 0.137 e. The zero-order valence-electron chi connectivity index (χ0n) is 11.9. The molecule has 0 aromatic heterocycles. The van der Waals surface area contributed by atoms with Crippen LogP contribution in [0.4, 0.5) is 0 Å². The number of carbonyl (C=O) groups excluding carboxylic acids is 1. The number of ketones is 1. The van der Waals surface area contributed by atoms with Gasteiger partial charge in [-0.1, -0.05) is 13.8 Å². The molecule has 0 amide bonds. The van der Waals surface area contributed by atoms with Gasteiger partial charge in [0, 0.05) is 24.4 Å². The van der Waals surface area contributed by atoms with Gasteiger partial charge in [0.15, 0.2) is 0 Å². The first-order valence-electron chi connectivity index (χ1n) is 6.62. The molecule has 1 aliphatic carbocycles. The van der Waals surface area contributed by atoms with Gasteiger partial charge in [0.05, 0.1) is 6.61 Å². The SMILES string of the molecule is CC1CC(=O)C(CN(C)C(C)(C)CO)C(C)C1.